The molecule has 3 aliphatic rings. The molecule has 1 unspecified atom stereocenters. The Morgan fingerprint density at radius 1 is 0.471 bits per heavy atom. The summed E-state index contributed by atoms with van der Waals surface area (Å²) in [6.07, 6.45) is 4.21. The lowest BCUT2D eigenvalue weighted by Crippen LogP contribution is -2.36. The second-order valence-corrected chi connectivity index (χ2v) is 18.4. The summed E-state index contributed by atoms with van der Waals surface area (Å²) in [5, 5.41) is 4.19. The molecule has 28 heteroatoms. The third-order valence-corrected chi connectivity index (χ3v) is 12.1. The second kappa shape index (κ2) is 24.5. The van der Waals surface area contributed by atoms with Crippen LogP contribution in [0.4, 0.5) is 43.9 Å². The first kappa shape index (κ1) is 57.0. The Bertz CT molecular complexity index is 2380. The monoisotopic (exact) mass is 1070 g/mol. The van der Waals surface area contributed by atoms with Gasteiger partial charge >= 0.3 is 33.4 Å². The van der Waals surface area contributed by atoms with Gasteiger partial charge in [-0.1, -0.05) is 36.4 Å². The van der Waals surface area contributed by atoms with Gasteiger partial charge in [0.05, 0.1) is 0 Å². The highest BCUT2D eigenvalue weighted by atomic mass is 35.5. The van der Waals surface area contributed by atoms with Crippen molar-refractivity contribution in [1.29, 1.82) is 0 Å². The summed E-state index contributed by atoms with van der Waals surface area (Å²) in [5.41, 5.74) is 5.24. The van der Waals surface area contributed by atoms with Crippen molar-refractivity contribution < 1.29 is 99.7 Å². The zero-order valence-corrected chi connectivity index (χ0v) is 39.1. The molecule has 15 nitrogen and oxygen atoms in total. The summed E-state index contributed by atoms with van der Waals surface area (Å²) in [5.74, 6) is -29.3. The van der Waals surface area contributed by atoms with Crippen molar-refractivity contribution >= 4 is 45.8 Å². The molecule has 0 aliphatic heterocycles. The average molecular weight is 1070 g/mol. The molecule has 0 bridgehead atoms. The SMILES string of the molecule is C[C@H](N)C(=O)OC1CC1.C[C@H](NP(=O)(Oc1ccccc1)Oc1c(F)c(F)c(F)c(F)c1F)C(=O)OC1CC1.C[C@H](N[P@@](=O)(Oc1ccccc1)Oc1c(F)c(F)c(F)c(F)c1F)C(=O)OC1CC1.Cl. The molecule has 3 aliphatic carbocycles. The highest BCUT2D eigenvalue weighted by Gasteiger charge is 2.41. The van der Waals surface area contributed by atoms with Crippen LogP contribution in [0.25, 0.3) is 0 Å². The van der Waals surface area contributed by atoms with Crippen LogP contribution in [-0.2, 0) is 37.7 Å². The van der Waals surface area contributed by atoms with E-state index >= 15 is 0 Å². The molecule has 0 heterocycles. The molecule has 384 valence electrons. The van der Waals surface area contributed by atoms with E-state index in [0.29, 0.717) is 25.7 Å². The number of benzene rings is 4. The fraction of sp³-hybridized carbons (Fsp3) is 0.357. The van der Waals surface area contributed by atoms with E-state index in [9.17, 15) is 67.4 Å². The number of hydrogen-bond acceptors (Lipinski definition) is 13. The van der Waals surface area contributed by atoms with Gasteiger partial charge in [0, 0.05) is 0 Å². The van der Waals surface area contributed by atoms with Crippen molar-refractivity contribution in [3.63, 3.8) is 0 Å². The van der Waals surface area contributed by atoms with Crippen molar-refractivity contribution in [2.75, 3.05) is 0 Å². The molecule has 0 saturated heterocycles. The van der Waals surface area contributed by atoms with Gasteiger partial charge in [-0.05, 0) is 83.6 Å². The number of halogens is 11. The Labute approximate surface area is 398 Å². The summed E-state index contributed by atoms with van der Waals surface area (Å²) in [7, 11) is -9.78. The van der Waals surface area contributed by atoms with Crippen molar-refractivity contribution in [2.45, 2.75) is 95.7 Å². The summed E-state index contributed by atoms with van der Waals surface area (Å²) in [6.45, 7) is 4.03. The molecule has 4 aromatic carbocycles. The van der Waals surface area contributed by atoms with Crippen LogP contribution in [0.1, 0.15) is 59.3 Å². The number of carbonyl (C=O) groups excluding carboxylic acids is 3. The van der Waals surface area contributed by atoms with Crippen molar-refractivity contribution in [3.05, 3.63) is 119 Å². The molecule has 4 aromatic rings. The normalized spacial score (nSPS) is 16.8. The number of carbonyl (C=O) groups is 3. The van der Waals surface area contributed by atoms with Crippen LogP contribution in [0, 0.1) is 58.2 Å². The van der Waals surface area contributed by atoms with Crippen molar-refractivity contribution in [2.24, 2.45) is 5.73 Å². The number of hydrogen-bond donors (Lipinski definition) is 3. The molecule has 0 radical (unpaired) electrons. The Balaban J connectivity index is 0.000000255. The molecule has 4 N–H and O–H groups in total. The maximum Gasteiger partial charge on any atom is 0.513 e. The maximum absolute atomic E-state index is 14.0. The molecular formula is C42H42ClF10N3O12P2. The zero-order chi connectivity index (χ0) is 51.0. The number of nitrogens with one attached hydrogen (secondary N) is 2. The first-order valence-corrected chi connectivity index (χ1v) is 23.5. The minimum atomic E-state index is -4.89. The number of ether oxygens (including phenoxy) is 3. The van der Waals surface area contributed by atoms with Crippen molar-refractivity contribution in [1.82, 2.24) is 10.2 Å². The van der Waals surface area contributed by atoms with Gasteiger partial charge in [0.15, 0.2) is 0 Å². The van der Waals surface area contributed by atoms with E-state index in [2.05, 4.69) is 19.2 Å². The van der Waals surface area contributed by atoms with Crippen LogP contribution in [0.3, 0.4) is 0 Å². The van der Waals surface area contributed by atoms with Gasteiger partial charge in [-0.25, -0.2) is 35.5 Å². The predicted molar refractivity (Wildman–Crippen MR) is 227 cm³/mol. The summed E-state index contributed by atoms with van der Waals surface area (Å²) < 4.78 is 197. The van der Waals surface area contributed by atoms with E-state index in [1.165, 1.54) is 62.4 Å². The van der Waals surface area contributed by atoms with Crippen LogP contribution < -0.4 is 34.0 Å². The van der Waals surface area contributed by atoms with Crippen LogP contribution in [-0.4, -0.2) is 54.3 Å². The Morgan fingerprint density at radius 3 is 0.986 bits per heavy atom. The lowest BCUT2D eigenvalue weighted by Gasteiger charge is -2.23. The highest BCUT2D eigenvalue weighted by Crippen LogP contribution is 2.49. The van der Waals surface area contributed by atoms with Crippen LogP contribution in [0.2, 0.25) is 0 Å². The number of esters is 3. The smallest absolute Gasteiger partial charge is 0.461 e. The minimum absolute atomic E-state index is 0. The highest BCUT2D eigenvalue weighted by molar-refractivity contribution is 7.52. The summed E-state index contributed by atoms with van der Waals surface area (Å²) >= 11 is 0. The Hall–Kier alpha value is -5.58. The van der Waals surface area contributed by atoms with Gasteiger partial charge in [-0.15, -0.1) is 12.4 Å². The van der Waals surface area contributed by atoms with Crippen LogP contribution >= 0.6 is 27.9 Å². The lowest BCUT2D eigenvalue weighted by molar-refractivity contribution is -0.147. The van der Waals surface area contributed by atoms with Crippen LogP contribution in [0.5, 0.6) is 23.0 Å². The lowest BCUT2D eigenvalue weighted by atomic mass is 10.3. The minimum Gasteiger partial charge on any atom is -0.461 e. The summed E-state index contributed by atoms with van der Waals surface area (Å²) in [6, 6.07) is 11.0. The number of rotatable bonds is 18. The molecule has 70 heavy (non-hydrogen) atoms. The molecule has 7 rings (SSSR count). The number of nitrogens with two attached hydrogens (primary N) is 1. The first-order valence-electron chi connectivity index (χ1n) is 20.5. The topological polar surface area (TPSA) is 200 Å². The largest absolute Gasteiger partial charge is 0.513 e. The predicted octanol–water partition coefficient (Wildman–Crippen LogP) is 9.72. The molecule has 3 saturated carbocycles. The molecule has 5 atom stereocenters. The summed E-state index contributed by atoms with van der Waals surface area (Å²) in [4.78, 5) is 34.7. The Kier molecular flexibility index (Phi) is 20.0. The zero-order valence-electron chi connectivity index (χ0n) is 36.5. The van der Waals surface area contributed by atoms with E-state index in [-0.39, 0.29) is 48.2 Å². The quantitative estimate of drug-likeness (QED) is 0.0212. The molecule has 0 spiro atoms. The van der Waals surface area contributed by atoms with Gasteiger partial charge in [-0.2, -0.15) is 27.7 Å². The van der Waals surface area contributed by atoms with Gasteiger partial charge in [-0.3, -0.25) is 14.4 Å². The standard InChI is InChI=1S/2C18H15F5NO5P.C6H11NO2.ClH/c2*1-9(18(25)27-10-7-8-10)24-30(26,28-11-5-3-2-4-6-11)29-17-15(22)13(20)12(19)14(21)16(17)23;1-4(7)6(8)9-5-2-3-5;/h2*2-6,9-10H,7-8H2,1H3,(H,24,26);4-5H,2-3,7H2,1H3;1H/t9-,30?;9-,30+;4-;/m000./s1. The van der Waals surface area contributed by atoms with Gasteiger partial charge in [0.1, 0.15) is 47.9 Å². The van der Waals surface area contributed by atoms with Gasteiger partial charge in [0.2, 0.25) is 69.7 Å². The van der Waals surface area contributed by atoms with E-state index in [1.807, 2.05) is 0 Å². The molecule has 3 fully saturated rings. The Morgan fingerprint density at radius 2 is 0.729 bits per heavy atom. The second-order valence-electron chi connectivity index (χ2n) is 15.2. The third-order valence-electron chi connectivity index (χ3n) is 8.90. The van der Waals surface area contributed by atoms with Gasteiger partial charge < -0.3 is 38.0 Å². The van der Waals surface area contributed by atoms with E-state index in [0.717, 1.165) is 12.8 Å². The average Bonchev–Trinajstić information content (AvgIpc) is 4.16. The van der Waals surface area contributed by atoms with E-state index in [4.69, 9.17) is 29.0 Å². The first-order chi connectivity index (χ1) is 32.4. The third kappa shape index (κ3) is 16.0. The molecule has 0 aromatic heterocycles. The van der Waals surface area contributed by atoms with Gasteiger partial charge in [0.25, 0.3) is 0 Å². The van der Waals surface area contributed by atoms with Crippen molar-refractivity contribution in [3.8, 4) is 23.0 Å². The fourth-order valence-electron chi connectivity index (χ4n) is 4.89. The molecular weight excluding hydrogens is 1030 g/mol. The van der Waals surface area contributed by atoms with E-state index < -0.39 is 115 Å². The van der Waals surface area contributed by atoms with Crippen LogP contribution in [0.15, 0.2) is 60.7 Å². The van der Waals surface area contributed by atoms with E-state index in [1.54, 1.807) is 19.1 Å². The maximum atomic E-state index is 14.0. The molecule has 0 amide bonds. The fourth-order valence-corrected chi connectivity index (χ4v) is 7.94. The number of para-hydroxylation sites is 2.